The van der Waals surface area contributed by atoms with Crippen molar-refractivity contribution >= 4 is 12.1 Å². The highest BCUT2D eigenvalue weighted by Gasteiger charge is 2.48. The summed E-state index contributed by atoms with van der Waals surface area (Å²) in [6.07, 6.45) is -4.51. The molecule has 1 heterocycles. The molecule has 1 unspecified atom stereocenters. The monoisotopic (exact) mass is 402 g/mol. The fourth-order valence-electron chi connectivity index (χ4n) is 3.44. The van der Waals surface area contributed by atoms with Gasteiger partial charge < -0.3 is 24.8 Å². The lowest BCUT2D eigenvalue weighted by molar-refractivity contribution is -0.274. The minimum atomic E-state index is -4.89. The van der Waals surface area contributed by atoms with E-state index in [4.69, 9.17) is 4.74 Å². The van der Waals surface area contributed by atoms with Crippen molar-refractivity contribution in [1.29, 1.82) is 0 Å². The van der Waals surface area contributed by atoms with Crippen LogP contribution < -0.4 is 10.1 Å². The van der Waals surface area contributed by atoms with Crippen LogP contribution in [0, 0.1) is 0 Å². The number of hydrogen-bond acceptors (Lipinski definition) is 6. The number of alkyl halides is 3. The standard InChI is InChI=1S/C18H21F3N2O5/c19-18(20,21)28-13-4-1-3-12(11-13)14(17(26)5-2-6-17)15(24)27-16(25)23-9-7-22-8-10-23/h1,3-4,11,14,22,26H,2,5-10H2. The molecule has 154 valence electrons. The van der Waals surface area contributed by atoms with Gasteiger partial charge in [0.05, 0.1) is 5.60 Å². The molecule has 1 aromatic rings. The molecule has 0 bridgehead atoms. The number of esters is 1. The van der Waals surface area contributed by atoms with Crippen molar-refractivity contribution in [2.24, 2.45) is 0 Å². The molecule has 2 aliphatic rings. The first-order chi connectivity index (χ1) is 13.2. The van der Waals surface area contributed by atoms with Crippen LogP contribution in [-0.4, -0.2) is 60.2 Å². The lowest BCUT2D eigenvalue weighted by Crippen LogP contribution is -2.50. The van der Waals surface area contributed by atoms with Gasteiger partial charge in [0.2, 0.25) is 0 Å². The van der Waals surface area contributed by atoms with Gasteiger partial charge in [-0.05, 0) is 37.0 Å². The number of piperazine rings is 1. The molecule has 3 rings (SSSR count). The number of nitrogens with one attached hydrogen (secondary N) is 1. The molecule has 1 atom stereocenters. The van der Waals surface area contributed by atoms with Crippen molar-refractivity contribution in [3.8, 4) is 5.75 Å². The predicted octanol–water partition coefficient (Wildman–Crippen LogP) is 2.15. The van der Waals surface area contributed by atoms with Gasteiger partial charge >= 0.3 is 18.4 Å². The van der Waals surface area contributed by atoms with Crippen molar-refractivity contribution in [1.82, 2.24) is 10.2 Å². The van der Waals surface area contributed by atoms with Crippen molar-refractivity contribution in [3.05, 3.63) is 29.8 Å². The topological polar surface area (TPSA) is 88.1 Å². The molecular formula is C18H21F3N2O5. The highest BCUT2D eigenvalue weighted by molar-refractivity contribution is 5.90. The van der Waals surface area contributed by atoms with Crippen molar-refractivity contribution in [2.45, 2.75) is 37.1 Å². The Kier molecular flexibility index (Phi) is 5.80. The molecule has 1 saturated heterocycles. The van der Waals surface area contributed by atoms with E-state index in [1.807, 2.05) is 0 Å². The first kappa shape index (κ1) is 20.4. The summed E-state index contributed by atoms with van der Waals surface area (Å²) in [7, 11) is 0. The van der Waals surface area contributed by atoms with Crippen LogP contribution in [0.25, 0.3) is 0 Å². The summed E-state index contributed by atoms with van der Waals surface area (Å²) in [6, 6.07) is 4.82. The van der Waals surface area contributed by atoms with E-state index in [-0.39, 0.29) is 18.4 Å². The smallest absolute Gasteiger partial charge is 0.406 e. The maximum Gasteiger partial charge on any atom is 0.573 e. The number of rotatable bonds is 4. The highest BCUT2D eigenvalue weighted by Crippen LogP contribution is 2.45. The number of hydrogen-bond donors (Lipinski definition) is 2. The van der Waals surface area contributed by atoms with Crippen LogP contribution in [-0.2, 0) is 9.53 Å². The average molecular weight is 402 g/mol. The van der Waals surface area contributed by atoms with Gasteiger partial charge in [-0.2, -0.15) is 0 Å². The van der Waals surface area contributed by atoms with E-state index >= 15 is 0 Å². The van der Waals surface area contributed by atoms with Crippen LogP contribution in [0.1, 0.15) is 30.7 Å². The molecule has 28 heavy (non-hydrogen) atoms. The Morgan fingerprint density at radius 2 is 1.89 bits per heavy atom. The Hall–Kier alpha value is -2.33. The third-order valence-electron chi connectivity index (χ3n) is 4.98. The van der Waals surface area contributed by atoms with Crippen molar-refractivity contribution < 1.29 is 37.3 Å². The average Bonchev–Trinajstić information content (AvgIpc) is 2.60. The van der Waals surface area contributed by atoms with Crippen LogP contribution >= 0.6 is 0 Å². The zero-order chi connectivity index (χ0) is 20.4. The van der Waals surface area contributed by atoms with E-state index in [0.717, 1.165) is 12.1 Å². The number of carbonyl (C=O) groups excluding carboxylic acids is 2. The first-order valence-corrected chi connectivity index (χ1v) is 8.97. The number of amides is 1. The van der Waals surface area contributed by atoms with Gasteiger partial charge in [-0.3, -0.25) is 4.79 Å². The van der Waals surface area contributed by atoms with Crippen molar-refractivity contribution in [2.75, 3.05) is 26.2 Å². The first-order valence-electron chi connectivity index (χ1n) is 8.97. The van der Waals surface area contributed by atoms with Gasteiger partial charge in [0.25, 0.3) is 0 Å². The van der Waals surface area contributed by atoms with E-state index in [1.165, 1.54) is 17.0 Å². The molecule has 1 amide bonds. The summed E-state index contributed by atoms with van der Waals surface area (Å²) < 4.78 is 46.4. The molecule has 0 spiro atoms. The van der Waals surface area contributed by atoms with Gasteiger partial charge in [-0.25, -0.2) is 4.79 Å². The second kappa shape index (κ2) is 7.96. The summed E-state index contributed by atoms with van der Waals surface area (Å²) in [6.45, 7) is 1.87. The van der Waals surface area contributed by atoms with Gasteiger partial charge in [0.1, 0.15) is 11.7 Å². The molecule has 1 aromatic carbocycles. The zero-order valence-corrected chi connectivity index (χ0v) is 15.0. The number of ether oxygens (including phenoxy) is 2. The third-order valence-corrected chi connectivity index (χ3v) is 4.98. The lowest BCUT2D eigenvalue weighted by atomic mass is 9.68. The summed E-state index contributed by atoms with van der Waals surface area (Å²) >= 11 is 0. The van der Waals surface area contributed by atoms with E-state index < -0.39 is 35.7 Å². The number of nitrogens with zero attached hydrogens (tertiary/aromatic N) is 1. The van der Waals surface area contributed by atoms with E-state index in [0.29, 0.717) is 32.6 Å². The minimum Gasteiger partial charge on any atom is -0.406 e. The molecule has 0 aromatic heterocycles. The molecule has 7 nitrogen and oxygen atoms in total. The summed E-state index contributed by atoms with van der Waals surface area (Å²) in [5.74, 6) is -2.79. The predicted molar refractivity (Wildman–Crippen MR) is 90.6 cm³/mol. The number of benzene rings is 1. The molecule has 2 N–H and O–H groups in total. The number of aliphatic hydroxyl groups is 1. The van der Waals surface area contributed by atoms with Crippen LogP contribution in [0.3, 0.4) is 0 Å². The summed E-state index contributed by atoms with van der Waals surface area (Å²) in [5.41, 5.74) is -1.38. The quantitative estimate of drug-likeness (QED) is 0.593. The van der Waals surface area contributed by atoms with Crippen LogP contribution in [0.5, 0.6) is 5.75 Å². The highest BCUT2D eigenvalue weighted by atomic mass is 19.4. The number of halogens is 3. The van der Waals surface area contributed by atoms with E-state index in [9.17, 15) is 27.9 Å². The summed E-state index contributed by atoms with van der Waals surface area (Å²) in [5, 5.41) is 13.8. The van der Waals surface area contributed by atoms with Crippen LogP contribution in [0.2, 0.25) is 0 Å². The number of carbonyl (C=O) groups is 2. The van der Waals surface area contributed by atoms with Gasteiger partial charge in [-0.15, -0.1) is 13.2 Å². The van der Waals surface area contributed by atoms with Crippen LogP contribution in [0.4, 0.5) is 18.0 Å². The van der Waals surface area contributed by atoms with Gasteiger partial charge in [0, 0.05) is 26.2 Å². The van der Waals surface area contributed by atoms with E-state index in [1.54, 1.807) is 0 Å². The fraction of sp³-hybridized carbons (Fsp3) is 0.556. The third kappa shape index (κ3) is 4.74. The molecule has 0 radical (unpaired) electrons. The molecule has 2 fully saturated rings. The maximum absolute atomic E-state index is 12.7. The second-order valence-corrected chi connectivity index (χ2v) is 6.93. The largest absolute Gasteiger partial charge is 0.573 e. The Labute approximate surface area is 159 Å². The Morgan fingerprint density at radius 1 is 1.21 bits per heavy atom. The minimum absolute atomic E-state index is 0.0991. The molecule has 1 aliphatic carbocycles. The molecule has 1 aliphatic heterocycles. The fourth-order valence-corrected chi connectivity index (χ4v) is 3.44. The van der Waals surface area contributed by atoms with Gasteiger partial charge in [-0.1, -0.05) is 12.1 Å². The molecular weight excluding hydrogens is 381 g/mol. The van der Waals surface area contributed by atoms with Gasteiger partial charge in [0.15, 0.2) is 0 Å². The SMILES string of the molecule is O=C(OC(=O)N1CCNCC1)C(c1cccc(OC(F)(F)F)c1)C1(O)CCC1. The van der Waals surface area contributed by atoms with Crippen LogP contribution in [0.15, 0.2) is 24.3 Å². The Morgan fingerprint density at radius 3 is 2.46 bits per heavy atom. The Bertz CT molecular complexity index is 730. The van der Waals surface area contributed by atoms with E-state index in [2.05, 4.69) is 10.1 Å². The summed E-state index contributed by atoms with van der Waals surface area (Å²) in [4.78, 5) is 26.3. The zero-order valence-electron chi connectivity index (χ0n) is 15.0. The molecule has 10 heteroatoms. The molecule has 1 saturated carbocycles. The lowest BCUT2D eigenvalue weighted by Gasteiger charge is -2.42. The second-order valence-electron chi connectivity index (χ2n) is 6.93. The Balaban J connectivity index is 1.80. The van der Waals surface area contributed by atoms with Crippen molar-refractivity contribution in [3.63, 3.8) is 0 Å². The normalized spacial score (nSPS) is 20.1. The maximum atomic E-state index is 12.7.